The van der Waals surface area contributed by atoms with Crippen molar-refractivity contribution in [1.29, 1.82) is 0 Å². The van der Waals surface area contributed by atoms with E-state index in [4.69, 9.17) is 4.74 Å². The highest BCUT2D eigenvalue weighted by Gasteiger charge is 2.10. The lowest BCUT2D eigenvalue weighted by molar-refractivity contribution is 0.102. The summed E-state index contributed by atoms with van der Waals surface area (Å²) in [5, 5.41) is 12.5. The van der Waals surface area contributed by atoms with Gasteiger partial charge in [-0.1, -0.05) is 0 Å². The zero-order valence-corrected chi connectivity index (χ0v) is 12.3. The lowest BCUT2D eigenvalue weighted by Gasteiger charge is -2.13. The van der Waals surface area contributed by atoms with Crippen LogP contribution in [-0.4, -0.2) is 32.2 Å². The number of rotatable bonds is 4. The second-order valence-corrected chi connectivity index (χ2v) is 4.78. The number of methoxy groups -OCH3 is 1. The molecule has 0 atom stereocenters. The van der Waals surface area contributed by atoms with Gasteiger partial charge in [0, 0.05) is 31.0 Å². The van der Waals surface area contributed by atoms with Crippen molar-refractivity contribution in [2.45, 2.75) is 0 Å². The maximum Gasteiger partial charge on any atom is 0.255 e. The van der Waals surface area contributed by atoms with Gasteiger partial charge in [-0.3, -0.25) is 4.79 Å². The number of anilines is 2. The fourth-order valence-electron chi connectivity index (χ4n) is 1.88. The zero-order valence-electron chi connectivity index (χ0n) is 12.3. The van der Waals surface area contributed by atoms with Gasteiger partial charge in [0.25, 0.3) is 5.91 Å². The Morgan fingerprint density at radius 1 is 1.14 bits per heavy atom. The fourth-order valence-corrected chi connectivity index (χ4v) is 1.88. The molecule has 0 fully saturated rings. The molecule has 2 aromatic carbocycles. The molecule has 0 unspecified atom stereocenters. The predicted molar refractivity (Wildman–Crippen MR) is 83.4 cm³/mol. The van der Waals surface area contributed by atoms with Gasteiger partial charge >= 0.3 is 0 Å². The van der Waals surface area contributed by atoms with E-state index in [1.165, 1.54) is 13.2 Å². The van der Waals surface area contributed by atoms with E-state index in [1.807, 2.05) is 43.3 Å². The number of amides is 1. The van der Waals surface area contributed by atoms with Crippen LogP contribution in [0.3, 0.4) is 0 Å². The van der Waals surface area contributed by atoms with E-state index in [9.17, 15) is 9.90 Å². The van der Waals surface area contributed by atoms with Crippen LogP contribution < -0.4 is 15.0 Å². The third-order valence-corrected chi connectivity index (χ3v) is 3.08. The molecule has 2 aromatic rings. The average molecular weight is 286 g/mol. The minimum absolute atomic E-state index is 0.0619. The largest absolute Gasteiger partial charge is 0.504 e. The molecule has 0 radical (unpaired) electrons. The Bertz CT molecular complexity index is 636. The van der Waals surface area contributed by atoms with Gasteiger partial charge < -0.3 is 20.1 Å². The Morgan fingerprint density at radius 2 is 1.81 bits per heavy atom. The molecule has 0 aromatic heterocycles. The quantitative estimate of drug-likeness (QED) is 0.907. The number of phenols is 1. The summed E-state index contributed by atoms with van der Waals surface area (Å²) >= 11 is 0. The first-order valence-electron chi connectivity index (χ1n) is 6.47. The molecule has 0 saturated heterocycles. The third-order valence-electron chi connectivity index (χ3n) is 3.08. The van der Waals surface area contributed by atoms with Crippen LogP contribution >= 0.6 is 0 Å². The molecule has 0 bridgehead atoms. The topological polar surface area (TPSA) is 61.8 Å². The van der Waals surface area contributed by atoms with Crippen LogP contribution in [0.5, 0.6) is 11.5 Å². The first-order valence-corrected chi connectivity index (χ1v) is 6.47. The number of hydrogen-bond acceptors (Lipinski definition) is 4. The van der Waals surface area contributed by atoms with Crippen molar-refractivity contribution in [2.75, 3.05) is 31.4 Å². The highest BCUT2D eigenvalue weighted by atomic mass is 16.5. The van der Waals surface area contributed by atoms with Crippen molar-refractivity contribution in [3.63, 3.8) is 0 Å². The summed E-state index contributed by atoms with van der Waals surface area (Å²) in [5.74, 6) is -0.0134. The summed E-state index contributed by atoms with van der Waals surface area (Å²) in [6.07, 6.45) is 0. The van der Waals surface area contributed by atoms with E-state index in [-0.39, 0.29) is 11.7 Å². The maximum atomic E-state index is 12.1. The van der Waals surface area contributed by atoms with Crippen molar-refractivity contribution in [3.8, 4) is 11.5 Å². The highest BCUT2D eigenvalue weighted by molar-refractivity contribution is 6.04. The van der Waals surface area contributed by atoms with Gasteiger partial charge in [0.1, 0.15) is 0 Å². The number of carbonyl (C=O) groups is 1. The molecule has 110 valence electrons. The van der Waals surface area contributed by atoms with Gasteiger partial charge in [-0.05, 0) is 42.5 Å². The first kappa shape index (κ1) is 14.7. The Morgan fingerprint density at radius 3 is 2.33 bits per heavy atom. The molecule has 1 amide bonds. The molecule has 21 heavy (non-hydrogen) atoms. The van der Waals surface area contributed by atoms with Gasteiger partial charge in [0.05, 0.1) is 7.11 Å². The van der Waals surface area contributed by atoms with E-state index in [0.29, 0.717) is 17.0 Å². The summed E-state index contributed by atoms with van der Waals surface area (Å²) in [4.78, 5) is 14.1. The van der Waals surface area contributed by atoms with Crippen LogP contribution in [0.25, 0.3) is 0 Å². The zero-order chi connectivity index (χ0) is 15.4. The first-order chi connectivity index (χ1) is 10.0. The highest BCUT2D eigenvalue weighted by Crippen LogP contribution is 2.26. The molecule has 0 spiro atoms. The molecular weight excluding hydrogens is 268 g/mol. The summed E-state index contributed by atoms with van der Waals surface area (Å²) in [7, 11) is 5.36. The Labute approximate surface area is 123 Å². The number of hydrogen-bond donors (Lipinski definition) is 2. The molecule has 0 saturated carbocycles. The van der Waals surface area contributed by atoms with Crippen LogP contribution in [0.2, 0.25) is 0 Å². The van der Waals surface area contributed by atoms with Crippen LogP contribution in [-0.2, 0) is 0 Å². The van der Waals surface area contributed by atoms with E-state index >= 15 is 0 Å². The second-order valence-electron chi connectivity index (χ2n) is 4.78. The SMILES string of the molecule is COc1ccc(C(=O)Nc2ccc(N(C)C)cc2)cc1O. The molecule has 0 aliphatic heterocycles. The Balaban J connectivity index is 2.12. The van der Waals surface area contributed by atoms with Gasteiger partial charge in [0.15, 0.2) is 11.5 Å². The Kier molecular flexibility index (Phi) is 4.33. The number of nitrogens with zero attached hydrogens (tertiary/aromatic N) is 1. The normalized spacial score (nSPS) is 10.0. The van der Waals surface area contributed by atoms with Crippen molar-refractivity contribution < 1.29 is 14.6 Å². The Hall–Kier alpha value is -2.69. The van der Waals surface area contributed by atoms with Crippen LogP contribution in [0, 0.1) is 0 Å². The number of phenolic OH excluding ortho intramolecular Hbond substituents is 1. The number of nitrogens with one attached hydrogen (secondary N) is 1. The number of ether oxygens (including phenoxy) is 1. The third kappa shape index (κ3) is 3.45. The number of carbonyl (C=O) groups excluding carboxylic acids is 1. The minimum atomic E-state index is -0.287. The van der Waals surface area contributed by atoms with Gasteiger partial charge in [-0.25, -0.2) is 0 Å². The van der Waals surface area contributed by atoms with E-state index < -0.39 is 0 Å². The van der Waals surface area contributed by atoms with Crippen LogP contribution in [0.4, 0.5) is 11.4 Å². The molecule has 0 aliphatic carbocycles. The van der Waals surface area contributed by atoms with E-state index in [1.54, 1.807) is 12.1 Å². The summed E-state index contributed by atoms with van der Waals surface area (Å²) in [6.45, 7) is 0. The van der Waals surface area contributed by atoms with E-state index in [2.05, 4.69) is 5.32 Å². The number of aromatic hydroxyl groups is 1. The van der Waals surface area contributed by atoms with Crippen molar-refractivity contribution in [2.24, 2.45) is 0 Å². The van der Waals surface area contributed by atoms with Gasteiger partial charge in [0.2, 0.25) is 0 Å². The van der Waals surface area contributed by atoms with Gasteiger partial charge in [-0.2, -0.15) is 0 Å². The lowest BCUT2D eigenvalue weighted by Crippen LogP contribution is -2.12. The molecular formula is C16H18N2O3. The fraction of sp³-hybridized carbons (Fsp3) is 0.188. The summed E-state index contributed by atoms with van der Waals surface area (Å²) < 4.78 is 4.95. The second kappa shape index (κ2) is 6.17. The standard InChI is InChI=1S/C16H18N2O3/c1-18(2)13-7-5-12(6-8-13)17-16(20)11-4-9-15(21-3)14(19)10-11/h4-10,19H,1-3H3,(H,17,20). The summed E-state index contributed by atoms with van der Waals surface area (Å²) in [5.41, 5.74) is 2.11. The molecule has 2 N–H and O–H groups in total. The lowest BCUT2D eigenvalue weighted by atomic mass is 10.2. The van der Waals surface area contributed by atoms with E-state index in [0.717, 1.165) is 5.69 Å². The molecule has 0 aliphatic rings. The van der Waals surface area contributed by atoms with Crippen molar-refractivity contribution in [3.05, 3.63) is 48.0 Å². The summed E-state index contributed by atoms with van der Waals surface area (Å²) in [6, 6.07) is 12.0. The molecule has 2 rings (SSSR count). The molecule has 5 heteroatoms. The number of benzene rings is 2. The molecule has 5 nitrogen and oxygen atoms in total. The maximum absolute atomic E-state index is 12.1. The van der Waals surface area contributed by atoms with Crippen molar-refractivity contribution in [1.82, 2.24) is 0 Å². The molecule has 0 heterocycles. The minimum Gasteiger partial charge on any atom is -0.504 e. The predicted octanol–water partition coefficient (Wildman–Crippen LogP) is 2.72. The van der Waals surface area contributed by atoms with Crippen LogP contribution in [0.1, 0.15) is 10.4 Å². The monoisotopic (exact) mass is 286 g/mol. The van der Waals surface area contributed by atoms with Crippen LogP contribution in [0.15, 0.2) is 42.5 Å². The average Bonchev–Trinajstić information content (AvgIpc) is 2.47. The smallest absolute Gasteiger partial charge is 0.255 e. The van der Waals surface area contributed by atoms with Gasteiger partial charge in [-0.15, -0.1) is 0 Å². The van der Waals surface area contributed by atoms with Crippen molar-refractivity contribution >= 4 is 17.3 Å².